The van der Waals surface area contributed by atoms with Gasteiger partial charge in [0.1, 0.15) is 5.82 Å². The lowest BCUT2D eigenvalue weighted by atomic mass is 10.3. The molecule has 1 N–H and O–H groups in total. The van der Waals surface area contributed by atoms with Gasteiger partial charge in [0, 0.05) is 18.9 Å². The van der Waals surface area contributed by atoms with Crippen LogP contribution in [0.25, 0.3) is 5.69 Å². The zero-order chi connectivity index (χ0) is 10.7. The Morgan fingerprint density at radius 3 is 2.80 bits per heavy atom. The molecule has 0 aliphatic carbocycles. The molecule has 2 aromatic rings. The van der Waals surface area contributed by atoms with Crippen molar-refractivity contribution in [1.29, 1.82) is 0 Å². The zero-order valence-corrected chi connectivity index (χ0v) is 8.57. The number of halogens is 1. The first kappa shape index (κ1) is 9.93. The van der Waals surface area contributed by atoms with E-state index in [0.29, 0.717) is 5.69 Å². The Morgan fingerprint density at radius 2 is 2.07 bits per heavy atom. The van der Waals surface area contributed by atoms with Crippen molar-refractivity contribution in [2.45, 2.75) is 6.54 Å². The quantitative estimate of drug-likeness (QED) is 0.812. The van der Waals surface area contributed by atoms with E-state index in [2.05, 4.69) is 5.32 Å². The molecule has 0 atom stereocenters. The van der Waals surface area contributed by atoms with Crippen LogP contribution in [0.15, 0.2) is 42.7 Å². The summed E-state index contributed by atoms with van der Waals surface area (Å²) in [5, 5.41) is 3.06. The first-order valence-electron chi connectivity index (χ1n) is 4.87. The molecular weight excluding hydrogens is 191 g/mol. The molecule has 0 saturated carbocycles. The van der Waals surface area contributed by atoms with Gasteiger partial charge in [-0.05, 0) is 30.8 Å². The molecule has 0 aliphatic rings. The summed E-state index contributed by atoms with van der Waals surface area (Å²) in [6.45, 7) is 0.793. The van der Waals surface area contributed by atoms with Crippen LogP contribution in [0, 0.1) is 5.82 Å². The molecule has 0 radical (unpaired) electrons. The van der Waals surface area contributed by atoms with Crippen molar-refractivity contribution < 1.29 is 4.39 Å². The lowest BCUT2D eigenvalue weighted by molar-refractivity contribution is 0.618. The van der Waals surface area contributed by atoms with E-state index < -0.39 is 0 Å². The Morgan fingerprint density at radius 1 is 1.27 bits per heavy atom. The number of para-hydroxylation sites is 1. The van der Waals surface area contributed by atoms with Gasteiger partial charge in [-0.15, -0.1) is 0 Å². The van der Waals surface area contributed by atoms with Gasteiger partial charge in [0.2, 0.25) is 0 Å². The highest BCUT2D eigenvalue weighted by atomic mass is 19.1. The number of hydrogen-bond acceptors (Lipinski definition) is 1. The van der Waals surface area contributed by atoms with Crippen molar-refractivity contribution in [1.82, 2.24) is 9.88 Å². The van der Waals surface area contributed by atoms with Crippen LogP contribution in [0.1, 0.15) is 5.56 Å². The summed E-state index contributed by atoms with van der Waals surface area (Å²) in [5.41, 5.74) is 1.72. The molecular formula is C12H13FN2. The van der Waals surface area contributed by atoms with Crippen molar-refractivity contribution in [3.8, 4) is 5.69 Å². The summed E-state index contributed by atoms with van der Waals surface area (Å²) in [6.07, 6.45) is 3.79. The largest absolute Gasteiger partial charge is 0.321 e. The number of aromatic nitrogens is 1. The standard InChI is InChI=1S/C12H13FN2/c1-14-8-10-6-7-15(9-10)12-5-3-2-4-11(12)13/h2-7,9,14H,8H2,1H3. The van der Waals surface area contributed by atoms with E-state index in [0.717, 1.165) is 12.1 Å². The van der Waals surface area contributed by atoms with E-state index in [1.165, 1.54) is 6.07 Å². The summed E-state index contributed by atoms with van der Waals surface area (Å²) < 4.78 is 15.2. The fourth-order valence-electron chi connectivity index (χ4n) is 1.56. The van der Waals surface area contributed by atoms with Gasteiger partial charge in [0.15, 0.2) is 0 Å². The third-order valence-corrected chi connectivity index (χ3v) is 2.27. The van der Waals surface area contributed by atoms with Crippen LogP contribution in [-0.2, 0) is 6.54 Å². The van der Waals surface area contributed by atoms with Crippen molar-refractivity contribution in [3.05, 3.63) is 54.1 Å². The molecule has 0 unspecified atom stereocenters. The number of hydrogen-bond donors (Lipinski definition) is 1. The molecule has 2 rings (SSSR count). The number of rotatable bonds is 3. The molecule has 0 fully saturated rings. The first-order chi connectivity index (χ1) is 7.31. The van der Waals surface area contributed by atoms with E-state index in [1.807, 2.05) is 31.6 Å². The minimum Gasteiger partial charge on any atom is -0.321 e. The predicted octanol–water partition coefficient (Wildman–Crippen LogP) is 2.34. The molecule has 0 aliphatic heterocycles. The second kappa shape index (κ2) is 4.28. The Bertz CT molecular complexity index is 448. The highest BCUT2D eigenvalue weighted by molar-refractivity contribution is 5.35. The van der Waals surface area contributed by atoms with Gasteiger partial charge < -0.3 is 9.88 Å². The highest BCUT2D eigenvalue weighted by Gasteiger charge is 2.03. The van der Waals surface area contributed by atoms with Crippen LogP contribution >= 0.6 is 0 Å². The van der Waals surface area contributed by atoms with Gasteiger partial charge in [0.05, 0.1) is 5.69 Å². The van der Waals surface area contributed by atoms with Crippen molar-refractivity contribution in [3.63, 3.8) is 0 Å². The Labute approximate surface area is 88.4 Å². The first-order valence-corrected chi connectivity index (χ1v) is 4.87. The summed E-state index contributed by atoms with van der Waals surface area (Å²) in [5.74, 6) is -0.205. The third kappa shape index (κ3) is 2.07. The van der Waals surface area contributed by atoms with Gasteiger partial charge in [-0.3, -0.25) is 0 Å². The zero-order valence-electron chi connectivity index (χ0n) is 8.57. The number of nitrogens with one attached hydrogen (secondary N) is 1. The Hall–Kier alpha value is -1.61. The van der Waals surface area contributed by atoms with Gasteiger partial charge in [0.25, 0.3) is 0 Å². The average molecular weight is 204 g/mol. The lowest BCUT2D eigenvalue weighted by Crippen LogP contribution is -2.03. The average Bonchev–Trinajstić information content (AvgIpc) is 2.68. The number of nitrogens with zero attached hydrogens (tertiary/aromatic N) is 1. The lowest BCUT2D eigenvalue weighted by Gasteiger charge is -2.03. The molecule has 78 valence electrons. The van der Waals surface area contributed by atoms with E-state index >= 15 is 0 Å². The normalized spacial score (nSPS) is 10.5. The molecule has 2 nitrogen and oxygen atoms in total. The molecule has 1 heterocycles. The third-order valence-electron chi connectivity index (χ3n) is 2.27. The molecule has 15 heavy (non-hydrogen) atoms. The van der Waals surface area contributed by atoms with Crippen LogP contribution in [0.5, 0.6) is 0 Å². The van der Waals surface area contributed by atoms with E-state index in [-0.39, 0.29) is 5.82 Å². The van der Waals surface area contributed by atoms with Crippen molar-refractivity contribution >= 4 is 0 Å². The van der Waals surface area contributed by atoms with Crippen molar-refractivity contribution in [2.24, 2.45) is 0 Å². The Balaban J connectivity index is 2.33. The van der Waals surface area contributed by atoms with Crippen LogP contribution in [0.3, 0.4) is 0 Å². The molecule has 0 bridgehead atoms. The summed E-state index contributed by atoms with van der Waals surface area (Å²) >= 11 is 0. The maximum absolute atomic E-state index is 13.4. The monoisotopic (exact) mass is 204 g/mol. The smallest absolute Gasteiger partial charge is 0.147 e. The highest BCUT2D eigenvalue weighted by Crippen LogP contribution is 2.14. The molecule has 1 aromatic carbocycles. The molecule has 3 heteroatoms. The van der Waals surface area contributed by atoms with Crippen LogP contribution in [0.4, 0.5) is 4.39 Å². The fraction of sp³-hybridized carbons (Fsp3) is 0.167. The molecule has 0 spiro atoms. The number of benzene rings is 1. The second-order valence-electron chi connectivity index (χ2n) is 3.41. The van der Waals surface area contributed by atoms with E-state index in [4.69, 9.17) is 0 Å². The van der Waals surface area contributed by atoms with E-state index in [1.54, 1.807) is 16.7 Å². The molecule has 0 saturated heterocycles. The topological polar surface area (TPSA) is 17.0 Å². The van der Waals surface area contributed by atoms with Gasteiger partial charge in [-0.25, -0.2) is 4.39 Å². The van der Waals surface area contributed by atoms with E-state index in [9.17, 15) is 4.39 Å². The van der Waals surface area contributed by atoms with Crippen LogP contribution in [0.2, 0.25) is 0 Å². The van der Waals surface area contributed by atoms with Crippen LogP contribution < -0.4 is 5.32 Å². The maximum atomic E-state index is 13.4. The SMILES string of the molecule is CNCc1ccn(-c2ccccc2F)c1. The van der Waals surface area contributed by atoms with Gasteiger partial charge in [-0.1, -0.05) is 12.1 Å². The summed E-state index contributed by atoms with van der Waals surface area (Å²) in [4.78, 5) is 0. The maximum Gasteiger partial charge on any atom is 0.147 e. The fourth-order valence-corrected chi connectivity index (χ4v) is 1.56. The van der Waals surface area contributed by atoms with Crippen molar-refractivity contribution in [2.75, 3.05) is 7.05 Å². The molecule has 0 amide bonds. The predicted molar refractivity (Wildman–Crippen MR) is 58.5 cm³/mol. The minimum atomic E-state index is -0.205. The van der Waals surface area contributed by atoms with Crippen LogP contribution in [-0.4, -0.2) is 11.6 Å². The summed E-state index contributed by atoms with van der Waals surface area (Å²) in [7, 11) is 1.89. The van der Waals surface area contributed by atoms with Gasteiger partial charge in [-0.2, -0.15) is 0 Å². The Kier molecular flexibility index (Phi) is 2.83. The second-order valence-corrected chi connectivity index (χ2v) is 3.41. The summed E-state index contributed by atoms with van der Waals surface area (Å²) in [6, 6.07) is 8.72. The minimum absolute atomic E-state index is 0.205. The molecule has 1 aromatic heterocycles. The van der Waals surface area contributed by atoms with Gasteiger partial charge >= 0.3 is 0 Å².